The van der Waals surface area contributed by atoms with Gasteiger partial charge in [0.1, 0.15) is 11.5 Å². The van der Waals surface area contributed by atoms with E-state index in [0.29, 0.717) is 47.0 Å². The molecule has 2 aromatic heterocycles. The minimum absolute atomic E-state index is 0.00731. The summed E-state index contributed by atoms with van der Waals surface area (Å²) in [4.78, 5) is 4.65. The Bertz CT molecular complexity index is 1660. The van der Waals surface area contributed by atoms with Gasteiger partial charge in [0.25, 0.3) is 0 Å². The number of hydrogen-bond donors (Lipinski definition) is 3. The second kappa shape index (κ2) is 13.0. The molecule has 0 aliphatic rings. The first-order chi connectivity index (χ1) is 20.9. The molecular formula is C29H31N11O3. The molecule has 0 amide bonds. The first-order valence-corrected chi connectivity index (χ1v) is 13.6. The lowest BCUT2D eigenvalue weighted by atomic mass is 9.82. The van der Waals surface area contributed by atoms with Crippen molar-refractivity contribution in [1.29, 1.82) is 0 Å². The normalized spacial score (nSPS) is 11.7. The summed E-state index contributed by atoms with van der Waals surface area (Å²) in [7, 11) is 0. The zero-order valence-corrected chi connectivity index (χ0v) is 23.9. The highest BCUT2D eigenvalue weighted by Crippen LogP contribution is 2.42. The lowest BCUT2D eigenvalue weighted by molar-refractivity contribution is 0.302. The molecule has 43 heavy (non-hydrogen) atoms. The minimum Gasteiger partial charge on any atom is -0.508 e. The number of hydrogen-bond acceptors (Lipinski definition) is 12. The van der Waals surface area contributed by atoms with Gasteiger partial charge in [-0.05, 0) is 107 Å². The molecule has 2 heterocycles. The highest BCUT2D eigenvalue weighted by atomic mass is 16.3. The molecule has 3 N–H and O–H groups in total. The van der Waals surface area contributed by atoms with Crippen LogP contribution in [0.1, 0.15) is 52.3 Å². The van der Waals surface area contributed by atoms with Crippen molar-refractivity contribution >= 4 is 18.1 Å². The zero-order chi connectivity index (χ0) is 30.3. The Labute approximate surface area is 247 Å². The first-order valence-electron chi connectivity index (χ1n) is 13.6. The maximum atomic E-state index is 11.2. The average molecular weight is 582 g/mol. The van der Waals surface area contributed by atoms with E-state index in [1.165, 1.54) is 9.58 Å². The van der Waals surface area contributed by atoms with E-state index in [1.807, 2.05) is 43.3 Å². The van der Waals surface area contributed by atoms with Crippen molar-refractivity contribution in [2.45, 2.75) is 26.7 Å². The van der Waals surface area contributed by atoms with Gasteiger partial charge in [-0.3, -0.25) is 0 Å². The van der Waals surface area contributed by atoms with Crippen LogP contribution in [0.4, 0.5) is 5.69 Å². The molecule has 0 atom stereocenters. The second-order valence-electron chi connectivity index (χ2n) is 9.69. The van der Waals surface area contributed by atoms with Gasteiger partial charge in [-0.15, -0.1) is 19.8 Å². The zero-order valence-electron chi connectivity index (χ0n) is 23.9. The molecule has 0 unspecified atom stereocenters. The number of tetrazole rings is 2. The largest absolute Gasteiger partial charge is 0.508 e. The number of nitrogens with zero attached hydrogens (tertiary/aromatic N) is 11. The van der Waals surface area contributed by atoms with Crippen molar-refractivity contribution in [3.05, 3.63) is 100 Å². The number of aliphatic hydroxyl groups is 1. The predicted molar refractivity (Wildman–Crippen MR) is 160 cm³/mol. The van der Waals surface area contributed by atoms with Gasteiger partial charge >= 0.3 is 0 Å². The number of aromatic hydroxyl groups is 2. The van der Waals surface area contributed by atoms with Crippen LogP contribution in [0.25, 0.3) is 0 Å². The van der Waals surface area contributed by atoms with E-state index in [-0.39, 0.29) is 18.1 Å². The van der Waals surface area contributed by atoms with Crippen LogP contribution >= 0.6 is 0 Å². The molecule has 0 radical (unpaired) electrons. The van der Waals surface area contributed by atoms with Gasteiger partial charge in [-0.25, -0.2) is 0 Å². The van der Waals surface area contributed by atoms with Crippen LogP contribution in [0.5, 0.6) is 11.5 Å². The summed E-state index contributed by atoms with van der Waals surface area (Å²) in [6, 6.07) is 18.1. The van der Waals surface area contributed by atoms with Crippen molar-refractivity contribution in [2.24, 2.45) is 10.2 Å². The molecule has 0 spiro atoms. The number of aliphatic hydroxyl groups excluding tert-OH is 1. The smallest absolute Gasteiger partial charge is 0.173 e. The van der Waals surface area contributed by atoms with Gasteiger partial charge in [0.15, 0.2) is 11.6 Å². The fraction of sp³-hybridized carbons (Fsp3) is 0.241. The molecule has 0 fully saturated rings. The molecular weight excluding hydrogens is 550 g/mol. The van der Waals surface area contributed by atoms with E-state index < -0.39 is 5.92 Å². The van der Waals surface area contributed by atoms with Crippen LogP contribution in [0.2, 0.25) is 0 Å². The van der Waals surface area contributed by atoms with E-state index in [9.17, 15) is 15.3 Å². The molecule has 0 aliphatic heterocycles. The highest BCUT2D eigenvalue weighted by Gasteiger charge is 2.24. The Morgan fingerprint density at radius 3 is 1.84 bits per heavy atom. The summed E-state index contributed by atoms with van der Waals surface area (Å²) in [6.07, 6.45) is 3.19. The second-order valence-corrected chi connectivity index (χ2v) is 9.69. The van der Waals surface area contributed by atoms with Crippen LogP contribution < -0.4 is 4.90 Å². The summed E-state index contributed by atoms with van der Waals surface area (Å²) in [6.45, 7) is 6.65. The summed E-state index contributed by atoms with van der Waals surface area (Å²) >= 11 is 0. The third-order valence-corrected chi connectivity index (χ3v) is 6.89. The van der Waals surface area contributed by atoms with Gasteiger partial charge in [-0.1, -0.05) is 12.1 Å². The van der Waals surface area contributed by atoms with Gasteiger partial charge in [0.2, 0.25) is 0 Å². The molecule has 0 saturated carbocycles. The molecule has 5 aromatic rings. The summed E-state index contributed by atoms with van der Waals surface area (Å²) in [5.74, 6) is 0.523. The summed E-state index contributed by atoms with van der Waals surface area (Å²) in [5, 5.41) is 63.2. The van der Waals surface area contributed by atoms with E-state index in [4.69, 9.17) is 0 Å². The van der Waals surface area contributed by atoms with Crippen LogP contribution in [-0.4, -0.2) is 88.1 Å². The Balaban J connectivity index is 1.64. The maximum absolute atomic E-state index is 11.2. The van der Waals surface area contributed by atoms with E-state index in [2.05, 4.69) is 46.2 Å². The topological polar surface area (TPSA) is 176 Å². The molecule has 14 nitrogen and oxygen atoms in total. The lowest BCUT2D eigenvalue weighted by Gasteiger charge is -2.26. The number of benzene rings is 3. The van der Waals surface area contributed by atoms with Gasteiger partial charge in [0.05, 0.1) is 19.0 Å². The van der Waals surface area contributed by atoms with E-state index in [0.717, 1.165) is 11.3 Å². The maximum Gasteiger partial charge on any atom is 0.173 e. The number of aryl methyl sites for hydroxylation is 2. The Kier molecular flexibility index (Phi) is 8.77. The van der Waals surface area contributed by atoms with E-state index >= 15 is 0 Å². The molecule has 0 bridgehead atoms. The van der Waals surface area contributed by atoms with Crippen molar-refractivity contribution in [3.8, 4) is 11.5 Å². The minimum atomic E-state index is -0.598. The van der Waals surface area contributed by atoms with Crippen LogP contribution in [0.15, 0.2) is 70.9 Å². The molecule has 14 heteroatoms. The summed E-state index contributed by atoms with van der Waals surface area (Å²) < 4.78 is 0. The van der Waals surface area contributed by atoms with Crippen LogP contribution in [0, 0.1) is 13.8 Å². The number of rotatable bonds is 11. The van der Waals surface area contributed by atoms with Gasteiger partial charge < -0.3 is 20.2 Å². The Hall–Kier alpha value is -5.50. The molecule has 3 aromatic carbocycles. The van der Waals surface area contributed by atoms with Crippen molar-refractivity contribution < 1.29 is 15.3 Å². The van der Waals surface area contributed by atoms with Crippen LogP contribution in [-0.2, 0) is 0 Å². The average Bonchev–Trinajstić information content (AvgIpc) is 3.63. The number of phenols is 2. The fourth-order valence-corrected chi connectivity index (χ4v) is 4.70. The highest BCUT2D eigenvalue weighted by molar-refractivity contribution is 5.82. The van der Waals surface area contributed by atoms with Gasteiger partial charge in [0, 0.05) is 35.8 Å². The number of phenolic OH excluding ortho intramolecular Hbond substituents is 2. The Morgan fingerprint density at radius 2 is 1.37 bits per heavy atom. The fourth-order valence-electron chi connectivity index (χ4n) is 4.70. The van der Waals surface area contributed by atoms with Gasteiger partial charge in [-0.2, -0.15) is 10.2 Å². The quantitative estimate of drug-likeness (QED) is 0.155. The molecule has 220 valence electrons. The number of anilines is 1. The number of likely N-dealkylation sites (N-methyl/N-ethyl adjacent to an activating group) is 1. The van der Waals surface area contributed by atoms with Crippen molar-refractivity contribution in [1.82, 2.24) is 40.6 Å². The molecule has 0 saturated heterocycles. The summed E-state index contributed by atoms with van der Waals surface area (Å²) in [5.41, 5.74) is 4.17. The van der Waals surface area contributed by atoms with E-state index in [1.54, 1.807) is 50.5 Å². The van der Waals surface area contributed by atoms with Crippen LogP contribution in [0.3, 0.4) is 0 Å². The predicted octanol–water partition coefficient (Wildman–Crippen LogP) is 2.45. The third kappa shape index (κ3) is 6.54. The Morgan fingerprint density at radius 1 is 0.814 bits per heavy atom. The molecule has 0 aliphatic carbocycles. The SMILES string of the molecule is CCN(CCO)c1cccc(C(c2cc(/C=N/n3nnnc3C)ccc2O)c2cc(/C=N/n3nnnc3C)ccc2O)c1. The first kappa shape index (κ1) is 29.0. The molecule has 5 rings (SSSR count). The third-order valence-electron chi connectivity index (χ3n) is 6.89. The number of aromatic nitrogens is 8. The van der Waals surface area contributed by atoms with Crippen molar-refractivity contribution in [3.63, 3.8) is 0 Å². The van der Waals surface area contributed by atoms with Crippen molar-refractivity contribution in [2.75, 3.05) is 24.6 Å². The lowest BCUT2D eigenvalue weighted by Crippen LogP contribution is -2.26. The monoisotopic (exact) mass is 581 g/mol. The standard InChI is InChI=1S/C29H31N11O3/c1-4-38(12-13-41)24-7-5-6-23(16-24)29(25-14-21(8-10-27(25)42)17-30-39-19(2)32-34-36-39)26-15-22(9-11-28(26)43)18-31-40-20(3)33-35-37-40/h5-11,14-18,29,41-43H,4,12-13H2,1-3H3/b30-17+,31-18+.